The van der Waals surface area contributed by atoms with Gasteiger partial charge >= 0.3 is 6.03 Å². The number of aromatic nitrogens is 2. The molecule has 146 valence electrons. The normalized spacial score (nSPS) is 11.7. The molecule has 2 aromatic carbocycles. The van der Waals surface area contributed by atoms with Gasteiger partial charge in [0.25, 0.3) is 0 Å². The van der Waals surface area contributed by atoms with Crippen molar-refractivity contribution in [3.63, 3.8) is 0 Å². The molecule has 1 aromatic heterocycles. The Morgan fingerprint density at radius 2 is 2.04 bits per heavy atom. The van der Waals surface area contributed by atoms with Crippen LogP contribution in [0.15, 0.2) is 60.9 Å². The summed E-state index contributed by atoms with van der Waals surface area (Å²) in [6, 6.07) is 13.1. The van der Waals surface area contributed by atoms with Gasteiger partial charge in [0.15, 0.2) is 0 Å². The van der Waals surface area contributed by atoms with Crippen molar-refractivity contribution in [1.82, 2.24) is 20.2 Å². The first kappa shape index (κ1) is 19.4. The molecule has 3 aromatic rings. The fourth-order valence-electron chi connectivity index (χ4n) is 2.94. The molecule has 2 N–H and O–H groups in total. The number of nitrogens with zero attached hydrogens (tertiary/aromatic N) is 2. The van der Waals surface area contributed by atoms with Gasteiger partial charge in [-0.15, -0.1) is 0 Å². The molecule has 0 spiro atoms. The Balaban J connectivity index is 1.66. The molecular weight excluding hydrogens is 359 g/mol. The lowest BCUT2D eigenvalue weighted by Gasteiger charge is -2.20. The molecule has 0 radical (unpaired) electrons. The number of nitrogens with one attached hydrogen (secondary N) is 2. The van der Waals surface area contributed by atoms with Crippen molar-refractivity contribution in [2.24, 2.45) is 7.05 Å². The van der Waals surface area contributed by atoms with Crippen molar-refractivity contribution < 1.29 is 13.9 Å². The fourth-order valence-corrected chi connectivity index (χ4v) is 2.94. The highest BCUT2D eigenvalue weighted by Gasteiger charge is 2.20. The van der Waals surface area contributed by atoms with E-state index in [-0.39, 0.29) is 11.8 Å². The molecule has 0 aliphatic carbocycles. The van der Waals surface area contributed by atoms with Crippen LogP contribution in [0.1, 0.15) is 23.0 Å². The molecule has 3 rings (SSSR count). The number of carbonyl (C=O) groups is 1. The van der Waals surface area contributed by atoms with Crippen molar-refractivity contribution in [1.29, 1.82) is 0 Å². The second-order valence-electron chi connectivity index (χ2n) is 6.38. The summed E-state index contributed by atoms with van der Waals surface area (Å²) in [5.74, 6) is 1.17. The predicted molar refractivity (Wildman–Crippen MR) is 105 cm³/mol. The lowest BCUT2D eigenvalue weighted by Crippen LogP contribution is -2.40. The van der Waals surface area contributed by atoms with Crippen LogP contribution in [0.4, 0.5) is 9.18 Å². The number of imidazole rings is 1. The van der Waals surface area contributed by atoms with Crippen molar-refractivity contribution in [3.05, 3.63) is 83.7 Å². The van der Waals surface area contributed by atoms with Crippen molar-refractivity contribution >= 4 is 6.03 Å². The number of aryl methyl sites for hydroxylation is 1. The van der Waals surface area contributed by atoms with E-state index in [1.165, 1.54) is 12.1 Å². The average molecular weight is 382 g/mol. The summed E-state index contributed by atoms with van der Waals surface area (Å²) >= 11 is 0. The topological polar surface area (TPSA) is 68.2 Å². The van der Waals surface area contributed by atoms with Gasteiger partial charge in [0, 0.05) is 26.0 Å². The molecule has 0 saturated carbocycles. The van der Waals surface area contributed by atoms with Gasteiger partial charge in [-0.2, -0.15) is 0 Å². The van der Waals surface area contributed by atoms with Gasteiger partial charge < -0.3 is 19.9 Å². The highest BCUT2D eigenvalue weighted by molar-refractivity contribution is 5.74. The van der Waals surface area contributed by atoms with Crippen LogP contribution in [0, 0.1) is 5.82 Å². The number of rotatable bonds is 7. The van der Waals surface area contributed by atoms with Crippen molar-refractivity contribution in [2.75, 3.05) is 13.7 Å². The number of benzene rings is 2. The standard InChI is InChI=1S/C21H23FN4O2/c1-26-13-12-23-20(26)19(16-6-8-18(28-2)9-7-16)25-21(27)24-11-10-15-4-3-5-17(22)14-15/h3-9,12-14,19H,10-11H2,1-2H3,(H2,24,25,27). The first-order valence-corrected chi connectivity index (χ1v) is 8.97. The molecule has 6 nitrogen and oxygen atoms in total. The molecule has 1 heterocycles. The lowest BCUT2D eigenvalue weighted by molar-refractivity contribution is 0.238. The van der Waals surface area contributed by atoms with Gasteiger partial charge in [0.2, 0.25) is 0 Å². The second kappa shape index (κ2) is 9.03. The number of halogens is 1. The summed E-state index contributed by atoms with van der Waals surface area (Å²) in [4.78, 5) is 16.8. The molecular formula is C21H23FN4O2. The zero-order valence-electron chi connectivity index (χ0n) is 15.9. The Labute approximate surface area is 163 Å². The Kier molecular flexibility index (Phi) is 6.26. The highest BCUT2D eigenvalue weighted by atomic mass is 19.1. The summed E-state index contributed by atoms with van der Waals surface area (Å²) in [5, 5.41) is 5.78. The van der Waals surface area contributed by atoms with Crippen LogP contribution in [-0.4, -0.2) is 29.2 Å². The highest BCUT2D eigenvalue weighted by Crippen LogP contribution is 2.22. The largest absolute Gasteiger partial charge is 0.497 e. The minimum atomic E-state index is -0.417. The summed E-state index contributed by atoms with van der Waals surface area (Å²) < 4.78 is 20.3. The SMILES string of the molecule is COc1ccc(C(NC(=O)NCCc2cccc(F)c2)c2nccn2C)cc1. The van der Waals surface area contributed by atoms with Crippen LogP contribution in [0.5, 0.6) is 5.75 Å². The fraction of sp³-hybridized carbons (Fsp3) is 0.238. The van der Waals surface area contributed by atoms with Gasteiger partial charge in [-0.05, 0) is 41.8 Å². The van der Waals surface area contributed by atoms with Crippen LogP contribution < -0.4 is 15.4 Å². The molecule has 0 saturated heterocycles. The molecule has 28 heavy (non-hydrogen) atoms. The van der Waals surface area contributed by atoms with Crippen molar-refractivity contribution in [3.8, 4) is 5.75 Å². The van der Waals surface area contributed by atoms with E-state index < -0.39 is 6.04 Å². The molecule has 0 aliphatic heterocycles. The zero-order chi connectivity index (χ0) is 19.9. The first-order chi connectivity index (χ1) is 13.6. The number of urea groups is 1. The quantitative estimate of drug-likeness (QED) is 0.659. The maximum absolute atomic E-state index is 13.2. The van der Waals surface area contributed by atoms with Crippen LogP contribution in [0.25, 0.3) is 0 Å². The van der Waals surface area contributed by atoms with Gasteiger partial charge in [-0.25, -0.2) is 14.2 Å². The number of carbonyl (C=O) groups excluding carboxylic acids is 1. The predicted octanol–water partition coefficient (Wildman–Crippen LogP) is 3.20. The second-order valence-corrected chi connectivity index (χ2v) is 6.38. The summed E-state index contributed by atoms with van der Waals surface area (Å²) in [7, 11) is 3.48. The maximum Gasteiger partial charge on any atom is 0.315 e. The molecule has 2 amide bonds. The number of hydrogen-bond acceptors (Lipinski definition) is 3. The van der Waals surface area contributed by atoms with E-state index in [4.69, 9.17) is 4.74 Å². The number of ether oxygens (including phenoxy) is 1. The Morgan fingerprint density at radius 1 is 1.25 bits per heavy atom. The van der Waals surface area contributed by atoms with E-state index >= 15 is 0 Å². The Bertz CT molecular complexity index is 924. The van der Waals surface area contributed by atoms with Crippen LogP contribution >= 0.6 is 0 Å². The van der Waals surface area contributed by atoms with E-state index in [0.717, 1.165) is 16.9 Å². The minimum absolute atomic E-state index is 0.281. The van der Waals surface area contributed by atoms with E-state index in [1.54, 1.807) is 19.4 Å². The molecule has 0 fully saturated rings. The lowest BCUT2D eigenvalue weighted by atomic mass is 10.1. The smallest absolute Gasteiger partial charge is 0.315 e. The molecule has 1 unspecified atom stereocenters. The van der Waals surface area contributed by atoms with Crippen LogP contribution in [0.3, 0.4) is 0 Å². The average Bonchev–Trinajstić information content (AvgIpc) is 3.12. The number of methoxy groups -OCH3 is 1. The molecule has 0 bridgehead atoms. The van der Waals surface area contributed by atoms with Gasteiger partial charge in [-0.3, -0.25) is 0 Å². The zero-order valence-corrected chi connectivity index (χ0v) is 15.9. The summed E-state index contributed by atoms with van der Waals surface area (Å²) in [6.07, 6.45) is 4.06. The third-order valence-electron chi connectivity index (χ3n) is 4.43. The third kappa shape index (κ3) is 4.88. The molecule has 0 aliphatic rings. The molecule has 1 atom stereocenters. The van der Waals surface area contributed by atoms with E-state index in [9.17, 15) is 9.18 Å². The minimum Gasteiger partial charge on any atom is -0.497 e. The monoisotopic (exact) mass is 382 g/mol. The molecule has 7 heteroatoms. The van der Waals surface area contributed by atoms with Crippen LogP contribution in [0.2, 0.25) is 0 Å². The third-order valence-corrected chi connectivity index (χ3v) is 4.43. The summed E-state index contributed by atoms with van der Waals surface area (Å²) in [5.41, 5.74) is 1.71. The first-order valence-electron chi connectivity index (χ1n) is 8.97. The number of hydrogen-bond donors (Lipinski definition) is 2. The van der Waals surface area contributed by atoms with Gasteiger partial charge in [0.1, 0.15) is 23.4 Å². The maximum atomic E-state index is 13.2. The summed E-state index contributed by atoms with van der Waals surface area (Å²) in [6.45, 7) is 0.394. The van der Waals surface area contributed by atoms with Crippen LogP contribution in [-0.2, 0) is 13.5 Å². The Hall–Kier alpha value is -3.35. The van der Waals surface area contributed by atoms with Crippen molar-refractivity contribution in [2.45, 2.75) is 12.5 Å². The number of amides is 2. The van der Waals surface area contributed by atoms with E-state index in [1.807, 2.05) is 48.1 Å². The van der Waals surface area contributed by atoms with Gasteiger partial charge in [-0.1, -0.05) is 24.3 Å². The van der Waals surface area contributed by atoms with Gasteiger partial charge in [0.05, 0.1) is 7.11 Å². The van der Waals surface area contributed by atoms with E-state index in [2.05, 4.69) is 15.6 Å². The Morgan fingerprint density at radius 3 is 2.68 bits per heavy atom. The van der Waals surface area contributed by atoms with E-state index in [0.29, 0.717) is 18.8 Å².